The van der Waals surface area contributed by atoms with Crippen LogP contribution in [0.4, 0.5) is 0 Å². The molecule has 2 saturated heterocycles. The number of carbonyl (C=O) groups excluding carboxylic acids is 2. The number of ether oxygens (including phenoxy) is 1. The lowest BCUT2D eigenvalue weighted by molar-refractivity contribution is -0.140. The number of amides is 2. The molecule has 2 aliphatic heterocycles. The van der Waals surface area contributed by atoms with Crippen molar-refractivity contribution in [2.45, 2.75) is 25.5 Å². The fraction of sp³-hybridized carbons (Fsp3) is 0.556. The molecule has 24 heavy (non-hydrogen) atoms. The molecule has 3 rings (SSSR count). The maximum absolute atomic E-state index is 12.7. The van der Waals surface area contributed by atoms with E-state index in [-0.39, 0.29) is 24.0 Å². The van der Waals surface area contributed by atoms with Crippen LogP contribution in [0.15, 0.2) is 30.3 Å². The average molecular weight is 331 g/mol. The molecule has 6 heteroatoms. The maximum Gasteiger partial charge on any atom is 0.236 e. The van der Waals surface area contributed by atoms with Crippen LogP contribution in [0.3, 0.4) is 0 Å². The number of benzene rings is 1. The molecular weight excluding hydrogens is 306 g/mol. The summed E-state index contributed by atoms with van der Waals surface area (Å²) in [7, 11) is 0. The topological polar surface area (TPSA) is 61.9 Å². The smallest absolute Gasteiger partial charge is 0.236 e. The van der Waals surface area contributed by atoms with Gasteiger partial charge in [0, 0.05) is 38.6 Å². The summed E-state index contributed by atoms with van der Waals surface area (Å²) < 4.78 is 5.51. The summed E-state index contributed by atoms with van der Waals surface area (Å²) in [6.45, 7) is 5.45. The van der Waals surface area contributed by atoms with Crippen LogP contribution in [-0.4, -0.2) is 67.0 Å². The van der Waals surface area contributed by atoms with Crippen molar-refractivity contribution in [3.63, 3.8) is 0 Å². The van der Waals surface area contributed by atoms with Crippen LogP contribution >= 0.6 is 0 Å². The summed E-state index contributed by atoms with van der Waals surface area (Å²) in [4.78, 5) is 28.7. The molecule has 130 valence electrons. The molecule has 2 aliphatic rings. The normalized spacial score (nSPS) is 25.9. The molecule has 2 atom stereocenters. The molecular formula is C18H25N3O3. The molecule has 2 fully saturated rings. The Kier molecular flexibility index (Phi) is 5.48. The average Bonchev–Trinajstić information content (AvgIpc) is 2.77. The van der Waals surface area contributed by atoms with Gasteiger partial charge in [-0.25, -0.2) is 0 Å². The third-order valence-corrected chi connectivity index (χ3v) is 4.66. The Balaban J connectivity index is 1.73. The summed E-state index contributed by atoms with van der Waals surface area (Å²) in [6, 6.07) is 9.90. The van der Waals surface area contributed by atoms with Crippen LogP contribution in [-0.2, 0) is 14.3 Å². The van der Waals surface area contributed by atoms with Gasteiger partial charge in [0.25, 0.3) is 0 Å². The van der Waals surface area contributed by atoms with Crippen molar-refractivity contribution >= 4 is 11.8 Å². The Morgan fingerprint density at radius 3 is 2.83 bits per heavy atom. The number of hydrogen-bond acceptors (Lipinski definition) is 4. The fourth-order valence-electron chi connectivity index (χ4n) is 3.38. The van der Waals surface area contributed by atoms with Crippen molar-refractivity contribution in [1.29, 1.82) is 0 Å². The lowest BCUT2D eigenvalue weighted by Crippen LogP contribution is -2.49. The monoisotopic (exact) mass is 331 g/mol. The third-order valence-electron chi connectivity index (χ3n) is 4.66. The summed E-state index contributed by atoms with van der Waals surface area (Å²) in [5.41, 5.74) is 1.08. The number of hydrogen-bond donors (Lipinski definition) is 1. The molecule has 0 radical (unpaired) electrons. The van der Waals surface area contributed by atoms with Crippen molar-refractivity contribution < 1.29 is 14.3 Å². The van der Waals surface area contributed by atoms with E-state index in [0.29, 0.717) is 45.8 Å². The second-order valence-electron chi connectivity index (χ2n) is 6.47. The van der Waals surface area contributed by atoms with Crippen molar-refractivity contribution in [1.82, 2.24) is 15.1 Å². The van der Waals surface area contributed by atoms with Gasteiger partial charge < -0.3 is 15.0 Å². The molecule has 2 amide bonds. The zero-order chi connectivity index (χ0) is 16.9. The van der Waals surface area contributed by atoms with Crippen LogP contribution in [0.1, 0.15) is 24.9 Å². The molecule has 2 heterocycles. The van der Waals surface area contributed by atoms with E-state index < -0.39 is 0 Å². The minimum Gasteiger partial charge on any atom is -0.375 e. The Morgan fingerprint density at radius 2 is 2.08 bits per heavy atom. The fourth-order valence-corrected chi connectivity index (χ4v) is 3.38. The predicted octanol–water partition coefficient (Wildman–Crippen LogP) is 0.797. The number of nitrogens with one attached hydrogen (secondary N) is 1. The first-order valence-electron chi connectivity index (χ1n) is 8.58. The van der Waals surface area contributed by atoms with Gasteiger partial charge in [0.15, 0.2) is 0 Å². The largest absolute Gasteiger partial charge is 0.375 e. The van der Waals surface area contributed by atoms with Gasteiger partial charge in [-0.2, -0.15) is 0 Å². The van der Waals surface area contributed by atoms with Gasteiger partial charge in [-0.3, -0.25) is 14.5 Å². The predicted molar refractivity (Wildman–Crippen MR) is 90.4 cm³/mol. The number of morpholine rings is 1. The molecule has 0 aromatic heterocycles. The van der Waals surface area contributed by atoms with E-state index >= 15 is 0 Å². The zero-order valence-electron chi connectivity index (χ0n) is 14.1. The molecule has 1 aromatic carbocycles. The number of rotatable bonds is 3. The molecule has 0 bridgehead atoms. The van der Waals surface area contributed by atoms with Gasteiger partial charge in [0.05, 0.1) is 19.3 Å². The van der Waals surface area contributed by atoms with Crippen LogP contribution < -0.4 is 5.32 Å². The zero-order valence-corrected chi connectivity index (χ0v) is 14.1. The van der Waals surface area contributed by atoms with Crippen molar-refractivity contribution in [3.05, 3.63) is 35.9 Å². The highest BCUT2D eigenvalue weighted by molar-refractivity contribution is 5.79. The van der Waals surface area contributed by atoms with E-state index in [0.717, 1.165) is 5.56 Å². The first kappa shape index (κ1) is 16.9. The van der Waals surface area contributed by atoms with Crippen LogP contribution in [0, 0.1) is 0 Å². The Labute approximate surface area is 142 Å². The van der Waals surface area contributed by atoms with Gasteiger partial charge in [-0.15, -0.1) is 0 Å². The van der Waals surface area contributed by atoms with Gasteiger partial charge in [-0.05, 0) is 12.5 Å². The van der Waals surface area contributed by atoms with E-state index in [9.17, 15) is 9.59 Å². The summed E-state index contributed by atoms with van der Waals surface area (Å²) in [5, 5.41) is 2.91. The van der Waals surface area contributed by atoms with Gasteiger partial charge in [0.1, 0.15) is 0 Å². The van der Waals surface area contributed by atoms with Crippen molar-refractivity contribution in [2.75, 3.05) is 39.3 Å². The maximum atomic E-state index is 12.7. The second kappa shape index (κ2) is 7.77. The summed E-state index contributed by atoms with van der Waals surface area (Å²) in [6.07, 6.45) is 0.469. The molecule has 0 spiro atoms. The molecule has 1 aromatic rings. The van der Waals surface area contributed by atoms with Crippen molar-refractivity contribution in [3.8, 4) is 0 Å². The van der Waals surface area contributed by atoms with E-state index in [4.69, 9.17) is 4.74 Å². The Morgan fingerprint density at radius 1 is 1.29 bits per heavy atom. The summed E-state index contributed by atoms with van der Waals surface area (Å²) >= 11 is 0. The van der Waals surface area contributed by atoms with Crippen molar-refractivity contribution in [2.24, 2.45) is 0 Å². The minimum absolute atomic E-state index is 0.0406. The Hall–Kier alpha value is -1.92. The van der Waals surface area contributed by atoms with Crippen LogP contribution in [0.25, 0.3) is 0 Å². The SMILES string of the molecule is C[C@@H]1CN(C(=O)CN2CCNC(=O)C[C@@H]2c2ccccc2)CCO1. The van der Waals surface area contributed by atoms with E-state index in [1.807, 2.05) is 42.2 Å². The first-order valence-corrected chi connectivity index (χ1v) is 8.58. The van der Waals surface area contributed by atoms with Gasteiger partial charge >= 0.3 is 0 Å². The molecule has 0 unspecified atom stereocenters. The lowest BCUT2D eigenvalue weighted by Gasteiger charge is -2.34. The van der Waals surface area contributed by atoms with Crippen LogP contribution in [0.5, 0.6) is 0 Å². The first-order chi connectivity index (χ1) is 11.6. The second-order valence-corrected chi connectivity index (χ2v) is 6.47. The molecule has 0 aliphatic carbocycles. The van der Waals surface area contributed by atoms with E-state index in [1.165, 1.54) is 0 Å². The highest BCUT2D eigenvalue weighted by Crippen LogP contribution is 2.25. The van der Waals surface area contributed by atoms with E-state index in [1.54, 1.807) is 0 Å². The van der Waals surface area contributed by atoms with Crippen LogP contribution in [0.2, 0.25) is 0 Å². The van der Waals surface area contributed by atoms with Gasteiger partial charge in [-0.1, -0.05) is 30.3 Å². The summed E-state index contributed by atoms with van der Waals surface area (Å²) in [5.74, 6) is 0.152. The molecule has 6 nitrogen and oxygen atoms in total. The van der Waals surface area contributed by atoms with Gasteiger partial charge in [0.2, 0.25) is 11.8 Å². The third kappa shape index (κ3) is 4.13. The molecule has 1 N–H and O–H groups in total. The minimum atomic E-state index is -0.0592. The quantitative estimate of drug-likeness (QED) is 0.890. The van der Waals surface area contributed by atoms with E-state index in [2.05, 4.69) is 10.2 Å². The highest BCUT2D eigenvalue weighted by Gasteiger charge is 2.30. The Bertz CT molecular complexity index is 578. The standard InChI is InChI=1S/C18H25N3O3/c1-14-12-21(9-10-24-14)18(23)13-20-8-7-19-17(22)11-16(20)15-5-3-2-4-6-15/h2-6,14,16H,7-13H2,1H3,(H,19,22)/t14-,16-/m1/s1. The number of nitrogens with zero attached hydrogens (tertiary/aromatic N) is 2. The highest BCUT2D eigenvalue weighted by atomic mass is 16.5. The lowest BCUT2D eigenvalue weighted by atomic mass is 10.0. The number of carbonyl (C=O) groups is 2. The molecule has 0 saturated carbocycles.